The van der Waals surface area contributed by atoms with E-state index in [1.54, 1.807) is 17.2 Å². The summed E-state index contributed by atoms with van der Waals surface area (Å²) in [5, 5.41) is 3.35. The summed E-state index contributed by atoms with van der Waals surface area (Å²) in [6, 6.07) is 11.5. The van der Waals surface area contributed by atoms with E-state index < -0.39 is 5.54 Å². The van der Waals surface area contributed by atoms with Gasteiger partial charge >= 0.3 is 0 Å². The number of benzene rings is 1. The zero-order chi connectivity index (χ0) is 24.7. The van der Waals surface area contributed by atoms with Crippen LogP contribution in [0.3, 0.4) is 0 Å². The number of carbonyl (C=O) groups excluding carboxylic acids is 2. The van der Waals surface area contributed by atoms with Crippen molar-refractivity contribution >= 4 is 22.9 Å². The topological polar surface area (TPSA) is 76.7 Å². The van der Waals surface area contributed by atoms with E-state index in [9.17, 15) is 9.59 Å². The highest BCUT2D eigenvalue weighted by Crippen LogP contribution is 2.36. The first-order chi connectivity index (χ1) is 16.8. The maximum Gasteiger partial charge on any atom is 0.271 e. The van der Waals surface area contributed by atoms with Gasteiger partial charge in [0.15, 0.2) is 5.58 Å². The molecule has 0 spiro atoms. The molecule has 35 heavy (non-hydrogen) atoms. The Labute approximate surface area is 206 Å². The van der Waals surface area contributed by atoms with Crippen LogP contribution in [0.25, 0.3) is 11.1 Å². The fourth-order valence-electron chi connectivity index (χ4n) is 5.73. The number of nitrogens with one attached hydrogen (secondary N) is 1. The second kappa shape index (κ2) is 9.10. The molecular formula is C28H35N3O4. The molecule has 3 heterocycles. The summed E-state index contributed by atoms with van der Waals surface area (Å²) >= 11 is 0. The average molecular weight is 478 g/mol. The zero-order valence-corrected chi connectivity index (χ0v) is 21.0. The second-order valence-corrected chi connectivity index (χ2v) is 10.3. The summed E-state index contributed by atoms with van der Waals surface area (Å²) in [7, 11) is 0. The van der Waals surface area contributed by atoms with E-state index in [0.29, 0.717) is 36.3 Å². The largest absolute Gasteiger partial charge is 0.494 e. The first-order valence-corrected chi connectivity index (χ1v) is 12.7. The molecule has 1 aliphatic heterocycles. The molecule has 5 rings (SSSR count). The van der Waals surface area contributed by atoms with Crippen LogP contribution >= 0.6 is 0 Å². The van der Waals surface area contributed by atoms with Crippen LogP contribution in [-0.4, -0.2) is 39.5 Å². The average Bonchev–Trinajstić information content (AvgIpc) is 3.43. The Morgan fingerprint density at radius 1 is 1.23 bits per heavy atom. The van der Waals surface area contributed by atoms with Gasteiger partial charge in [0.2, 0.25) is 5.91 Å². The van der Waals surface area contributed by atoms with Crippen LogP contribution in [0.2, 0.25) is 0 Å². The molecule has 186 valence electrons. The van der Waals surface area contributed by atoms with Crippen LogP contribution in [0.5, 0.6) is 5.75 Å². The summed E-state index contributed by atoms with van der Waals surface area (Å²) in [5.41, 5.74) is 1.83. The van der Waals surface area contributed by atoms with Gasteiger partial charge in [-0.2, -0.15) is 0 Å². The van der Waals surface area contributed by atoms with Crippen LogP contribution < -0.4 is 10.1 Å². The predicted molar refractivity (Wildman–Crippen MR) is 134 cm³/mol. The fraction of sp³-hybridized carbons (Fsp3) is 0.500. The third kappa shape index (κ3) is 4.01. The summed E-state index contributed by atoms with van der Waals surface area (Å²) in [6.07, 6.45) is 4.88. The van der Waals surface area contributed by atoms with E-state index in [2.05, 4.69) is 19.2 Å². The molecule has 7 nitrogen and oxygen atoms in total. The Morgan fingerprint density at radius 3 is 2.83 bits per heavy atom. The number of rotatable bonds is 6. The molecule has 4 atom stereocenters. The van der Waals surface area contributed by atoms with Gasteiger partial charge in [0.05, 0.1) is 31.5 Å². The molecule has 0 bridgehead atoms. The minimum Gasteiger partial charge on any atom is -0.494 e. The Hall–Kier alpha value is -3.22. The quantitative estimate of drug-likeness (QED) is 0.543. The maximum absolute atomic E-state index is 14.0. The molecule has 1 fully saturated rings. The first-order valence-electron chi connectivity index (χ1n) is 12.7. The minimum atomic E-state index is -1.08. The molecule has 0 saturated heterocycles. The Morgan fingerprint density at radius 2 is 2.03 bits per heavy atom. The van der Waals surface area contributed by atoms with E-state index >= 15 is 0 Å². The van der Waals surface area contributed by atoms with Gasteiger partial charge in [-0.15, -0.1) is 0 Å². The molecule has 0 radical (unpaired) electrons. The van der Waals surface area contributed by atoms with Gasteiger partial charge in [0, 0.05) is 23.7 Å². The van der Waals surface area contributed by atoms with E-state index in [4.69, 9.17) is 9.15 Å². The van der Waals surface area contributed by atoms with Crippen molar-refractivity contribution in [1.82, 2.24) is 14.8 Å². The van der Waals surface area contributed by atoms with Crippen molar-refractivity contribution in [2.24, 2.45) is 11.8 Å². The van der Waals surface area contributed by atoms with Gasteiger partial charge < -0.3 is 23.9 Å². The molecule has 2 amide bonds. The van der Waals surface area contributed by atoms with Gasteiger partial charge in [-0.1, -0.05) is 44.9 Å². The smallest absolute Gasteiger partial charge is 0.271 e. The molecule has 2 aliphatic rings. The minimum absolute atomic E-state index is 0.107. The van der Waals surface area contributed by atoms with Crippen molar-refractivity contribution < 1.29 is 18.7 Å². The predicted octanol–water partition coefficient (Wildman–Crippen LogP) is 4.99. The highest BCUT2D eigenvalue weighted by Gasteiger charge is 2.49. The third-order valence-corrected chi connectivity index (χ3v) is 8.16. The number of hydrogen-bond donors (Lipinski definition) is 1. The van der Waals surface area contributed by atoms with E-state index in [1.807, 2.05) is 48.7 Å². The molecular weight excluding hydrogens is 442 g/mol. The maximum atomic E-state index is 14.0. The standard InChI is InChI=1S/C28H35N3O4/c1-5-34-24-12-7-6-10-20(24)16-31-26(32)23-15-25-22(13-14-35-25)30(23)17-28(31,4)27(33)29-21-11-8-9-18(2)19(21)3/h6-7,10,12-15,18-19,21H,5,8-9,11,16-17H2,1-4H3,(H,29,33)/t18-,19+,21+,28+/m0/s1. The number of nitrogens with zero attached hydrogens (tertiary/aromatic N) is 2. The Kier molecular flexibility index (Phi) is 6.11. The van der Waals surface area contributed by atoms with Crippen LogP contribution in [0.1, 0.15) is 63.0 Å². The van der Waals surface area contributed by atoms with Gasteiger partial charge in [-0.3, -0.25) is 9.59 Å². The number of fused-ring (bicyclic) bond motifs is 3. The van der Waals surface area contributed by atoms with Gasteiger partial charge in [0.25, 0.3) is 5.91 Å². The van der Waals surface area contributed by atoms with Gasteiger partial charge in [0.1, 0.15) is 17.0 Å². The second-order valence-electron chi connectivity index (χ2n) is 10.3. The molecule has 3 aromatic rings. The summed E-state index contributed by atoms with van der Waals surface area (Å²) in [6.45, 7) is 9.47. The number of amides is 2. The van der Waals surface area contributed by atoms with E-state index in [-0.39, 0.29) is 24.4 Å². The normalized spacial score (nSPS) is 26.6. The lowest BCUT2D eigenvalue weighted by atomic mass is 9.77. The van der Waals surface area contributed by atoms with Crippen molar-refractivity contribution in [3.8, 4) is 5.75 Å². The van der Waals surface area contributed by atoms with Crippen molar-refractivity contribution in [2.75, 3.05) is 6.61 Å². The van der Waals surface area contributed by atoms with Gasteiger partial charge in [-0.25, -0.2) is 0 Å². The SMILES string of the molecule is CCOc1ccccc1CN1C(=O)c2cc3occc3n2C[C@]1(C)C(=O)N[C@@H]1CCC[C@H](C)[C@H]1C. The summed E-state index contributed by atoms with van der Waals surface area (Å²) in [5.74, 6) is 1.39. The lowest BCUT2D eigenvalue weighted by molar-refractivity contribution is -0.134. The molecule has 1 aliphatic carbocycles. The van der Waals surface area contributed by atoms with E-state index in [1.165, 1.54) is 6.42 Å². The third-order valence-electron chi connectivity index (χ3n) is 8.16. The Balaban J connectivity index is 1.53. The van der Waals surface area contributed by atoms with Crippen LogP contribution in [0.15, 0.2) is 47.1 Å². The summed E-state index contributed by atoms with van der Waals surface area (Å²) < 4.78 is 13.4. The van der Waals surface area contributed by atoms with Crippen molar-refractivity contribution in [1.29, 1.82) is 0 Å². The van der Waals surface area contributed by atoms with Crippen molar-refractivity contribution in [3.63, 3.8) is 0 Å². The lowest BCUT2D eigenvalue weighted by Crippen LogP contribution is -2.65. The zero-order valence-electron chi connectivity index (χ0n) is 21.0. The van der Waals surface area contributed by atoms with Crippen LogP contribution in [0, 0.1) is 11.8 Å². The highest BCUT2D eigenvalue weighted by atomic mass is 16.5. The number of para-hydroxylation sites is 1. The molecule has 7 heteroatoms. The number of hydrogen-bond acceptors (Lipinski definition) is 4. The van der Waals surface area contributed by atoms with Gasteiger partial charge in [-0.05, 0) is 38.2 Å². The summed E-state index contributed by atoms with van der Waals surface area (Å²) in [4.78, 5) is 29.7. The molecule has 1 aromatic carbocycles. The lowest BCUT2D eigenvalue weighted by Gasteiger charge is -2.45. The highest BCUT2D eigenvalue weighted by molar-refractivity contribution is 6.03. The van der Waals surface area contributed by atoms with E-state index in [0.717, 1.165) is 29.7 Å². The Bertz CT molecular complexity index is 1240. The molecule has 1 saturated carbocycles. The molecule has 1 N–H and O–H groups in total. The number of furan rings is 1. The van der Waals surface area contributed by atoms with Crippen LogP contribution in [0.4, 0.5) is 0 Å². The first kappa shape index (κ1) is 23.5. The number of carbonyl (C=O) groups is 2. The van der Waals surface area contributed by atoms with Crippen molar-refractivity contribution in [2.45, 2.75) is 71.6 Å². The number of aromatic nitrogens is 1. The fourth-order valence-corrected chi connectivity index (χ4v) is 5.73. The van der Waals surface area contributed by atoms with Crippen molar-refractivity contribution in [3.05, 3.63) is 53.9 Å². The van der Waals surface area contributed by atoms with Crippen LogP contribution in [-0.2, 0) is 17.9 Å². The molecule has 2 aromatic heterocycles. The number of ether oxygens (including phenoxy) is 1. The molecule has 0 unspecified atom stereocenters. The monoisotopic (exact) mass is 477 g/mol.